The molecule has 0 aliphatic carbocycles. The van der Waals surface area contributed by atoms with Crippen molar-refractivity contribution < 1.29 is 17.4 Å². The van der Waals surface area contributed by atoms with E-state index in [1.165, 1.54) is 5.56 Å². The first-order chi connectivity index (χ1) is 12.3. The second kappa shape index (κ2) is 7.45. The van der Waals surface area contributed by atoms with Gasteiger partial charge in [0.15, 0.2) is 0 Å². The van der Waals surface area contributed by atoms with Gasteiger partial charge in [0.1, 0.15) is 5.75 Å². The number of benzene rings is 2. The second-order valence-electron chi connectivity index (χ2n) is 6.17. The molecular formula is C18H21N3O4S. The van der Waals surface area contributed by atoms with E-state index in [-0.39, 0.29) is 11.7 Å². The average molecular weight is 375 g/mol. The van der Waals surface area contributed by atoms with Crippen LogP contribution in [0.15, 0.2) is 42.5 Å². The lowest BCUT2D eigenvalue weighted by Crippen LogP contribution is -2.44. The predicted octanol–water partition coefficient (Wildman–Crippen LogP) is 1.53. The van der Waals surface area contributed by atoms with Gasteiger partial charge in [-0.1, -0.05) is 25.1 Å². The Labute approximate surface area is 153 Å². The summed E-state index contributed by atoms with van der Waals surface area (Å²) < 4.78 is 26.9. The van der Waals surface area contributed by atoms with Crippen LogP contribution >= 0.6 is 0 Å². The van der Waals surface area contributed by atoms with Crippen LogP contribution in [0.25, 0.3) is 0 Å². The van der Waals surface area contributed by atoms with E-state index in [1.807, 2.05) is 30.3 Å². The van der Waals surface area contributed by atoms with Crippen molar-refractivity contribution in [3.63, 3.8) is 0 Å². The summed E-state index contributed by atoms with van der Waals surface area (Å²) in [4.78, 5) is 12.4. The Hall–Kier alpha value is -2.42. The lowest BCUT2D eigenvalue weighted by atomic mass is 10.0. The molecule has 26 heavy (non-hydrogen) atoms. The zero-order valence-electron chi connectivity index (χ0n) is 14.4. The van der Waals surface area contributed by atoms with Crippen molar-refractivity contribution in [1.82, 2.24) is 10.4 Å². The molecule has 0 aromatic heterocycles. The van der Waals surface area contributed by atoms with Gasteiger partial charge in [-0.25, -0.2) is 5.01 Å². The van der Waals surface area contributed by atoms with E-state index < -0.39 is 10.3 Å². The topological polar surface area (TPSA) is 102 Å². The molecule has 3 N–H and O–H groups in total. The lowest BCUT2D eigenvalue weighted by Gasteiger charge is -2.29. The van der Waals surface area contributed by atoms with E-state index in [9.17, 15) is 13.2 Å². The first-order valence-corrected chi connectivity index (χ1v) is 9.80. The predicted molar refractivity (Wildman–Crippen MR) is 97.6 cm³/mol. The molecule has 0 fully saturated rings. The Morgan fingerprint density at radius 3 is 2.58 bits per heavy atom. The molecule has 0 saturated heterocycles. The third-order valence-corrected chi connectivity index (χ3v) is 4.71. The summed E-state index contributed by atoms with van der Waals surface area (Å²) >= 11 is 0. The standard InChI is InChI=1S/C18H21N3O4S/c1-2-13-3-5-15(6-4-13)18(22)20-21-10-9-14-7-8-17(11-16(14)12-21)25-26(19,23)24/h3-8,11H,2,9-10,12H2,1H3,(H,20,22)(H2,19,23,24). The molecular weight excluding hydrogens is 354 g/mol. The van der Waals surface area contributed by atoms with E-state index in [1.54, 1.807) is 17.1 Å². The van der Waals surface area contributed by atoms with E-state index >= 15 is 0 Å². The van der Waals surface area contributed by atoms with E-state index in [4.69, 9.17) is 9.32 Å². The van der Waals surface area contributed by atoms with Gasteiger partial charge < -0.3 is 4.18 Å². The molecule has 2 aromatic rings. The Balaban J connectivity index is 1.68. The molecule has 8 heteroatoms. The number of carbonyl (C=O) groups is 1. The number of hydrazine groups is 1. The third-order valence-electron chi connectivity index (χ3n) is 4.29. The van der Waals surface area contributed by atoms with Gasteiger partial charge in [-0.2, -0.15) is 13.6 Å². The summed E-state index contributed by atoms with van der Waals surface area (Å²) in [6, 6.07) is 12.5. The highest BCUT2D eigenvalue weighted by molar-refractivity contribution is 7.84. The van der Waals surface area contributed by atoms with Gasteiger partial charge in [0.25, 0.3) is 5.91 Å². The molecule has 0 spiro atoms. The molecule has 3 rings (SSSR count). The van der Waals surface area contributed by atoms with Gasteiger partial charge in [-0.15, -0.1) is 0 Å². The van der Waals surface area contributed by atoms with Crippen molar-refractivity contribution in [1.29, 1.82) is 0 Å². The highest BCUT2D eigenvalue weighted by atomic mass is 32.2. The third kappa shape index (κ3) is 4.60. The van der Waals surface area contributed by atoms with Crippen LogP contribution in [0.4, 0.5) is 0 Å². The molecule has 0 radical (unpaired) electrons. The Morgan fingerprint density at radius 1 is 1.19 bits per heavy atom. The van der Waals surface area contributed by atoms with Crippen LogP contribution in [0.3, 0.4) is 0 Å². The first kappa shape index (κ1) is 18.4. The highest BCUT2D eigenvalue weighted by Gasteiger charge is 2.19. The number of hydrogen-bond acceptors (Lipinski definition) is 5. The minimum atomic E-state index is -4.06. The minimum absolute atomic E-state index is 0.162. The van der Waals surface area contributed by atoms with Crippen LogP contribution < -0.4 is 14.7 Å². The molecule has 2 aromatic carbocycles. The zero-order chi connectivity index (χ0) is 18.7. The Morgan fingerprint density at radius 2 is 1.92 bits per heavy atom. The fourth-order valence-corrected chi connectivity index (χ4v) is 3.29. The van der Waals surface area contributed by atoms with Gasteiger partial charge in [-0.3, -0.25) is 10.2 Å². The van der Waals surface area contributed by atoms with Crippen LogP contribution in [-0.4, -0.2) is 25.9 Å². The summed E-state index contributed by atoms with van der Waals surface area (Å²) in [6.07, 6.45) is 1.66. The fraction of sp³-hybridized carbons (Fsp3) is 0.278. The number of nitrogens with two attached hydrogens (primary N) is 1. The number of hydrogen-bond donors (Lipinski definition) is 2. The molecule has 138 valence electrons. The first-order valence-electron chi connectivity index (χ1n) is 8.33. The summed E-state index contributed by atoms with van der Waals surface area (Å²) in [5, 5.41) is 6.71. The summed E-state index contributed by atoms with van der Waals surface area (Å²) in [5.74, 6) is -0.0115. The summed E-state index contributed by atoms with van der Waals surface area (Å²) in [5.41, 5.74) is 6.64. The van der Waals surface area contributed by atoms with Gasteiger partial charge in [0.05, 0.1) is 0 Å². The van der Waals surface area contributed by atoms with E-state index in [0.717, 1.165) is 24.0 Å². The van der Waals surface area contributed by atoms with E-state index in [2.05, 4.69) is 12.3 Å². The Bertz CT molecular complexity index is 911. The van der Waals surface area contributed by atoms with Crippen molar-refractivity contribution >= 4 is 16.2 Å². The average Bonchev–Trinajstić information content (AvgIpc) is 2.60. The number of nitrogens with one attached hydrogen (secondary N) is 1. The lowest BCUT2D eigenvalue weighted by molar-refractivity contribution is 0.0763. The molecule has 1 aliphatic heterocycles. The molecule has 7 nitrogen and oxygen atoms in total. The number of fused-ring (bicyclic) bond motifs is 1. The second-order valence-corrected chi connectivity index (χ2v) is 7.32. The van der Waals surface area contributed by atoms with Gasteiger partial charge in [-0.05, 0) is 53.8 Å². The largest absolute Gasteiger partial charge is 0.380 e. The van der Waals surface area contributed by atoms with Crippen molar-refractivity contribution in [2.75, 3.05) is 6.54 Å². The zero-order valence-corrected chi connectivity index (χ0v) is 15.3. The maximum absolute atomic E-state index is 12.4. The molecule has 1 aliphatic rings. The normalized spacial score (nSPS) is 14.5. The molecule has 1 amide bonds. The van der Waals surface area contributed by atoms with Crippen LogP contribution in [0.2, 0.25) is 0 Å². The van der Waals surface area contributed by atoms with Crippen molar-refractivity contribution in [3.05, 3.63) is 64.7 Å². The SMILES string of the molecule is CCc1ccc(C(=O)NN2CCc3ccc(OS(N)(=O)=O)cc3C2)cc1. The number of carbonyl (C=O) groups excluding carboxylic acids is 1. The maximum atomic E-state index is 12.4. The minimum Gasteiger partial charge on any atom is -0.371 e. The maximum Gasteiger partial charge on any atom is 0.380 e. The summed E-state index contributed by atoms with van der Waals surface area (Å²) in [6.45, 7) is 3.19. The van der Waals surface area contributed by atoms with Crippen LogP contribution in [0.5, 0.6) is 5.75 Å². The molecule has 0 bridgehead atoms. The Kier molecular flexibility index (Phi) is 5.26. The van der Waals surface area contributed by atoms with Crippen LogP contribution in [0, 0.1) is 0 Å². The molecule has 0 saturated carbocycles. The van der Waals surface area contributed by atoms with Gasteiger partial charge in [0.2, 0.25) is 0 Å². The molecule has 1 heterocycles. The summed E-state index contributed by atoms with van der Waals surface area (Å²) in [7, 11) is -4.06. The fourth-order valence-electron chi connectivity index (χ4n) is 2.91. The van der Waals surface area contributed by atoms with Crippen molar-refractivity contribution in [2.24, 2.45) is 5.14 Å². The number of nitrogens with zero attached hydrogens (tertiary/aromatic N) is 1. The van der Waals surface area contributed by atoms with Crippen LogP contribution in [0.1, 0.15) is 34.0 Å². The van der Waals surface area contributed by atoms with Gasteiger partial charge >= 0.3 is 10.3 Å². The van der Waals surface area contributed by atoms with Crippen LogP contribution in [-0.2, 0) is 29.7 Å². The van der Waals surface area contributed by atoms with Crippen molar-refractivity contribution in [3.8, 4) is 5.75 Å². The molecule has 0 atom stereocenters. The number of aryl methyl sites for hydroxylation is 1. The monoisotopic (exact) mass is 375 g/mol. The number of rotatable bonds is 5. The van der Waals surface area contributed by atoms with Crippen molar-refractivity contribution in [2.45, 2.75) is 26.3 Å². The van der Waals surface area contributed by atoms with Gasteiger partial charge in [0, 0.05) is 18.7 Å². The quantitative estimate of drug-likeness (QED) is 0.825. The smallest absolute Gasteiger partial charge is 0.371 e. The molecule has 0 unspecified atom stereocenters. The van der Waals surface area contributed by atoms with E-state index in [0.29, 0.717) is 18.7 Å². The highest BCUT2D eigenvalue weighted by Crippen LogP contribution is 2.24. The number of amides is 1.